The molecule has 0 aliphatic carbocycles. The fraction of sp³-hybridized carbons (Fsp3) is 0.214. The van der Waals surface area contributed by atoms with E-state index in [1.54, 1.807) is 23.9 Å². The van der Waals surface area contributed by atoms with Crippen LogP contribution in [0.3, 0.4) is 0 Å². The zero-order chi connectivity index (χ0) is 13.9. The summed E-state index contributed by atoms with van der Waals surface area (Å²) in [7, 11) is 0. The van der Waals surface area contributed by atoms with Gasteiger partial charge in [0.05, 0.1) is 12.0 Å². The highest BCUT2D eigenvalue weighted by atomic mass is 32.1. The van der Waals surface area contributed by atoms with E-state index in [1.807, 2.05) is 29.8 Å². The molecule has 0 saturated carbocycles. The lowest BCUT2D eigenvalue weighted by atomic mass is 10.00. The number of hydrazone groups is 1. The molecule has 1 aliphatic rings. The van der Waals surface area contributed by atoms with E-state index in [-0.39, 0.29) is 11.8 Å². The molecule has 1 atom stereocenters. The summed E-state index contributed by atoms with van der Waals surface area (Å²) in [6.07, 6.45) is 9.94. The van der Waals surface area contributed by atoms with E-state index in [0.29, 0.717) is 6.42 Å². The molecule has 0 spiro atoms. The van der Waals surface area contributed by atoms with Crippen molar-refractivity contribution in [2.75, 3.05) is 0 Å². The average molecular weight is 286 g/mol. The molecule has 6 heteroatoms. The largest absolute Gasteiger partial charge is 0.298 e. The number of hydrogen-bond donors (Lipinski definition) is 1. The Hall–Kier alpha value is -2.21. The quantitative estimate of drug-likeness (QED) is 0.942. The van der Waals surface area contributed by atoms with Gasteiger partial charge in [-0.3, -0.25) is 9.36 Å². The van der Waals surface area contributed by atoms with Gasteiger partial charge in [0, 0.05) is 29.6 Å². The van der Waals surface area contributed by atoms with E-state index in [1.165, 1.54) is 0 Å². The molecule has 0 saturated heterocycles. The van der Waals surface area contributed by atoms with Crippen LogP contribution in [-0.2, 0) is 4.79 Å². The van der Waals surface area contributed by atoms with E-state index >= 15 is 0 Å². The van der Waals surface area contributed by atoms with Crippen LogP contribution in [0.5, 0.6) is 0 Å². The number of rotatable bonds is 3. The summed E-state index contributed by atoms with van der Waals surface area (Å²) < 4.78 is 1.98. The first-order valence-corrected chi connectivity index (χ1v) is 7.17. The first-order valence-electron chi connectivity index (χ1n) is 6.35. The lowest BCUT2D eigenvalue weighted by Crippen LogP contribution is -2.30. The van der Waals surface area contributed by atoms with Gasteiger partial charge < -0.3 is 0 Å². The standard InChI is InChI=1S/C14H14N4OS/c1-10-8-13(19)17-16-12(10)4-2-11-3-5-14(20-11)18-7-6-15-9-18/h2-7,9-10H,8H2,1H3,(H,17,19)/b4-2+. The fourth-order valence-electron chi connectivity index (χ4n) is 1.99. The van der Waals surface area contributed by atoms with Crippen molar-refractivity contribution in [2.45, 2.75) is 13.3 Å². The van der Waals surface area contributed by atoms with E-state index in [2.05, 4.69) is 27.6 Å². The minimum absolute atomic E-state index is 0.0202. The highest BCUT2D eigenvalue weighted by Gasteiger charge is 2.17. The second-order valence-electron chi connectivity index (χ2n) is 4.66. The number of nitrogens with one attached hydrogen (secondary N) is 1. The third-order valence-corrected chi connectivity index (χ3v) is 4.16. The molecule has 0 radical (unpaired) electrons. The summed E-state index contributed by atoms with van der Waals surface area (Å²) in [4.78, 5) is 16.4. The Kier molecular flexibility index (Phi) is 3.47. The smallest absolute Gasteiger partial charge is 0.240 e. The minimum atomic E-state index is -0.0202. The highest BCUT2D eigenvalue weighted by molar-refractivity contribution is 7.15. The van der Waals surface area contributed by atoms with Crippen LogP contribution >= 0.6 is 11.3 Å². The SMILES string of the molecule is CC1CC(=O)NN=C1/C=C/c1ccc(-n2ccnc2)s1. The maximum absolute atomic E-state index is 11.2. The number of imidazole rings is 1. The van der Waals surface area contributed by atoms with Crippen molar-refractivity contribution < 1.29 is 4.79 Å². The zero-order valence-corrected chi connectivity index (χ0v) is 11.8. The zero-order valence-electron chi connectivity index (χ0n) is 11.0. The molecule has 1 aliphatic heterocycles. The van der Waals surface area contributed by atoms with E-state index in [0.717, 1.165) is 15.6 Å². The number of allylic oxidation sites excluding steroid dienone is 1. The molecular formula is C14H14N4OS. The van der Waals surface area contributed by atoms with Crippen LogP contribution < -0.4 is 5.43 Å². The molecule has 3 heterocycles. The van der Waals surface area contributed by atoms with Crippen LogP contribution in [0.25, 0.3) is 11.1 Å². The van der Waals surface area contributed by atoms with Gasteiger partial charge in [-0.15, -0.1) is 11.3 Å². The Balaban J connectivity index is 1.75. The van der Waals surface area contributed by atoms with Gasteiger partial charge >= 0.3 is 0 Å². The Morgan fingerprint density at radius 2 is 2.35 bits per heavy atom. The van der Waals surface area contributed by atoms with Gasteiger partial charge in [0.2, 0.25) is 5.91 Å². The van der Waals surface area contributed by atoms with Crippen LogP contribution in [0.15, 0.2) is 42.0 Å². The number of aromatic nitrogens is 2. The molecule has 0 bridgehead atoms. The summed E-state index contributed by atoms with van der Waals surface area (Å²) in [5.74, 6) is 0.140. The Bertz CT molecular complexity index is 669. The van der Waals surface area contributed by atoms with Crippen molar-refractivity contribution in [3.8, 4) is 5.00 Å². The number of carbonyl (C=O) groups excluding carboxylic acids is 1. The van der Waals surface area contributed by atoms with Crippen molar-refractivity contribution in [1.29, 1.82) is 0 Å². The van der Waals surface area contributed by atoms with Gasteiger partial charge in [-0.25, -0.2) is 10.4 Å². The third kappa shape index (κ3) is 2.70. The van der Waals surface area contributed by atoms with E-state index < -0.39 is 0 Å². The van der Waals surface area contributed by atoms with Gasteiger partial charge in [-0.1, -0.05) is 6.92 Å². The second kappa shape index (κ2) is 5.42. The van der Waals surface area contributed by atoms with Crippen LogP contribution in [0.4, 0.5) is 0 Å². The van der Waals surface area contributed by atoms with E-state index in [9.17, 15) is 4.79 Å². The summed E-state index contributed by atoms with van der Waals surface area (Å²) in [6.45, 7) is 2.01. The Morgan fingerprint density at radius 1 is 1.45 bits per heavy atom. The number of thiophene rings is 1. The maximum atomic E-state index is 11.2. The van der Waals surface area contributed by atoms with Gasteiger partial charge in [-0.05, 0) is 24.3 Å². The summed E-state index contributed by atoms with van der Waals surface area (Å²) >= 11 is 1.67. The van der Waals surface area contributed by atoms with Gasteiger partial charge in [0.15, 0.2) is 0 Å². The molecule has 2 aromatic rings. The monoisotopic (exact) mass is 286 g/mol. The first-order chi connectivity index (χ1) is 9.72. The van der Waals surface area contributed by atoms with Crippen molar-refractivity contribution in [2.24, 2.45) is 11.0 Å². The normalized spacial score (nSPS) is 19.1. The van der Waals surface area contributed by atoms with Crippen LogP contribution in [0.2, 0.25) is 0 Å². The van der Waals surface area contributed by atoms with Crippen LogP contribution in [0.1, 0.15) is 18.2 Å². The predicted molar refractivity (Wildman–Crippen MR) is 79.8 cm³/mol. The molecular weight excluding hydrogens is 272 g/mol. The van der Waals surface area contributed by atoms with Crippen molar-refractivity contribution in [3.05, 3.63) is 41.8 Å². The Labute approximate surface area is 120 Å². The molecule has 20 heavy (non-hydrogen) atoms. The lowest BCUT2D eigenvalue weighted by Gasteiger charge is -2.15. The van der Waals surface area contributed by atoms with Gasteiger partial charge in [0.25, 0.3) is 0 Å². The van der Waals surface area contributed by atoms with Crippen molar-refractivity contribution in [1.82, 2.24) is 15.0 Å². The molecule has 3 rings (SSSR count). The third-order valence-electron chi connectivity index (χ3n) is 3.10. The predicted octanol–water partition coefficient (Wildman–Crippen LogP) is 2.46. The second-order valence-corrected chi connectivity index (χ2v) is 5.75. The molecule has 5 nitrogen and oxygen atoms in total. The number of hydrogen-bond acceptors (Lipinski definition) is 4. The molecule has 1 amide bonds. The van der Waals surface area contributed by atoms with Crippen molar-refractivity contribution >= 4 is 29.0 Å². The molecule has 102 valence electrons. The number of nitrogens with zero attached hydrogens (tertiary/aromatic N) is 3. The topological polar surface area (TPSA) is 59.3 Å². The molecule has 0 aromatic carbocycles. The number of carbonyl (C=O) groups is 1. The van der Waals surface area contributed by atoms with Gasteiger partial charge in [0.1, 0.15) is 5.00 Å². The Morgan fingerprint density at radius 3 is 3.10 bits per heavy atom. The fourth-order valence-corrected chi connectivity index (χ4v) is 2.86. The van der Waals surface area contributed by atoms with Crippen LogP contribution in [-0.4, -0.2) is 21.2 Å². The highest BCUT2D eigenvalue weighted by Crippen LogP contribution is 2.22. The minimum Gasteiger partial charge on any atom is -0.298 e. The average Bonchev–Trinajstić information content (AvgIpc) is 3.08. The summed E-state index contributed by atoms with van der Waals surface area (Å²) in [6, 6.07) is 4.11. The first kappa shape index (κ1) is 12.8. The summed E-state index contributed by atoms with van der Waals surface area (Å²) in [5.41, 5.74) is 3.42. The van der Waals surface area contributed by atoms with Crippen LogP contribution in [0, 0.1) is 5.92 Å². The molecule has 0 fully saturated rings. The number of amides is 1. The maximum Gasteiger partial charge on any atom is 0.240 e. The van der Waals surface area contributed by atoms with Crippen molar-refractivity contribution in [3.63, 3.8) is 0 Å². The molecule has 1 N–H and O–H groups in total. The van der Waals surface area contributed by atoms with Gasteiger partial charge in [-0.2, -0.15) is 5.10 Å². The van der Waals surface area contributed by atoms with E-state index in [4.69, 9.17) is 0 Å². The summed E-state index contributed by atoms with van der Waals surface area (Å²) in [5, 5.41) is 5.20. The lowest BCUT2D eigenvalue weighted by molar-refractivity contribution is -0.121. The molecule has 2 aromatic heterocycles. The molecule has 1 unspecified atom stereocenters.